The van der Waals surface area contributed by atoms with Gasteiger partial charge in [-0.2, -0.15) is 0 Å². The number of hydrogen-bond donors (Lipinski definition) is 0. The zero-order valence-electron chi connectivity index (χ0n) is 43.1. The highest BCUT2D eigenvalue weighted by atomic mass is 15.1. The molecule has 12 aromatic rings. The van der Waals surface area contributed by atoms with Crippen molar-refractivity contribution < 1.29 is 0 Å². The third kappa shape index (κ3) is 7.82. The van der Waals surface area contributed by atoms with Gasteiger partial charge in [-0.25, -0.2) is 0 Å². The summed E-state index contributed by atoms with van der Waals surface area (Å²) in [5.41, 5.74) is 18.2. The van der Waals surface area contributed by atoms with E-state index in [-0.39, 0.29) is 16.2 Å². The van der Waals surface area contributed by atoms with Crippen molar-refractivity contribution in [2.24, 2.45) is 0 Å². The number of rotatable bonds is 7. The van der Waals surface area contributed by atoms with Gasteiger partial charge in [-0.1, -0.05) is 220 Å². The topological polar surface area (TPSA) is 8.17 Å². The van der Waals surface area contributed by atoms with Crippen molar-refractivity contribution in [3.05, 3.63) is 229 Å². The first-order valence-electron chi connectivity index (χ1n) is 25.7. The van der Waals surface area contributed by atoms with Crippen LogP contribution in [0, 0.1) is 0 Å². The first kappa shape index (κ1) is 45.2. The maximum absolute atomic E-state index is 2.52. The molecule has 2 nitrogen and oxygen atoms in total. The van der Waals surface area contributed by atoms with Crippen LogP contribution in [0.15, 0.2) is 212 Å². The SMILES string of the molecule is CC(C)(C)c1ccc(-c2cccc(N(c3cc(-c4ccc(C(C)(C)C)cc4)cc(-c4ccc(C(C)(C)C)cc4)c3)c3ccc4ccc5c(-n6c7ccccc7c7ccccc76)ccc6ccc3c4c65)c2)cc1. The van der Waals surface area contributed by atoms with E-state index in [1.165, 1.54) is 110 Å². The monoisotopic (exact) mass is 930 g/mol. The molecular weight excluding hydrogens is 869 g/mol. The second-order valence-corrected chi connectivity index (χ2v) is 23.1. The van der Waals surface area contributed by atoms with Crippen molar-refractivity contribution in [2.45, 2.75) is 78.6 Å². The molecule has 1 heterocycles. The molecule has 0 amide bonds. The lowest BCUT2D eigenvalue weighted by atomic mass is 9.85. The molecule has 0 atom stereocenters. The summed E-state index contributed by atoms with van der Waals surface area (Å²) in [6.45, 7) is 20.6. The van der Waals surface area contributed by atoms with Crippen LogP contribution in [0.25, 0.3) is 93.2 Å². The van der Waals surface area contributed by atoms with Crippen LogP contribution < -0.4 is 4.90 Å². The fraction of sp³-hybridized carbons (Fsp3) is 0.171. The van der Waals surface area contributed by atoms with Crippen LogP contribution in [0.4, 0.5) is 17.1 Å². The molecule has 1 aromatic heterocycles. The van der Waals surface area contributed by atoms with Gasteiger partial charge in [0.1, 0.15) is 0 Å². The van der Waals surface area contributed by atoms with Crippen LogP contribution in [0.2, 0.25) is 0 Å². The lowest BCUT2D eigenvalue weighted by Crippen LogP contribution is -2.12. The molecule has 2 heteroatoms. The largest absolute Gasteiger partial charge is 0.310 e. The number of fused-ring (bicyclic) bond motifs is 3. The molecule has 0 aliphatic rings. The van der Waals surface area contributed by atoms with Gasteiger partial charge in [0.15, 0.2) is 0 Å². The normalized spacial score (nSPS) is 12.5. The first-order chi connectivity index (χ1) is 34.6. The summed E-state index contributed by atoms with van der Waals surface area (Å²) in [5, 5.41) is 10.00. The average Bonchev–Trinajstić information content (AvgIpc) is 3.72. The van der Waals surface area contributed by atoms with E-state index in [0.717, 1.165) is 17.1 Å². The number of anilines is 3. The second-order valence-electron chi connectivity index (χ2n) is 23.1. The molecule has 352 valence electrons. The van der Waals surface area contributed by atoms with E-state index in [1.807, 2.05) is 0 Å². The van der Waals surface area contributed by atoms with Crippen LogP contribution in [0.1, 0.15) is 79.0 Å². The maximum Gasteiger partial charge on any atom is 0.0541 e. The molecule has 0 saturated heterocycles. The lowest BCUT2D eigenvalue weighted by molar-refractivity contribution is 0.590. The minimum Gasteiger partial charge on any atom is -0.310 e. The summed E-state index contributed by atoms with van der Waals surface area (Å²) < 4.78 is 2.47. The fourth-order valence-corrected chi connectivity index (χ4v) is 11.2. The Hall–Kier alpha value is -7.94. The number of aromatic nitrogens is 1. The zero-order valence-corrected chi connectivity index (χ0v) is 43.1. The minimum absolute atomic E-state index is 0.0501. The summed E-state index contributed by atoms with van der Waals surface area (Å²) in [7, 11) is 0. The van der Waals surface area contributed by atoms with Gasteiger partial charge in [0, 0.05) is 32.9 Å². The highest BCUT2D eigenvalue weighted by Crippen LogP contribution is 2.48. The molecule has 11 aromatic carbocycles. The Morgan fingerprint density at radius 2 is 0.736 bits per heavy atom. The van der Waals surface area contributed by atoms with Gasteiger partial charge in [-0.15, -0.1) is 0 Å². The van der Waals surface area contributed by atoms with Crippen LogP contribution in [0.3, 0.4) is 0 Å². The van der Waals surface area contributed by atoms with Gasteiger partial charge >= 0.3 is 0 Å². The molecular formula is C70H62N2. The van der Waals surface area contributed by atoms with Crippen LogP contribution in [0.5, 0.6) is 0 Å². The minimum atomic E-state index is 0.0501. The van der Waals surface area contributed by atoms with Crippen LogP contribution in [-0.4, -0.2) is 4.57 Å². The fourth-order valence-electron chi connectivity index (χ4n) is 11.2. The second kappa shape index (κ2) is 16.8. The molecule has 0 aliphatic carbocycles. The quantitative estimate of drug-likeness (QED) is 0.145. The highest BCUT2D eigenvalue weighted by Gasteiger charge is 2.24. The molecule has 72 heavy (non-hydrogen) atoms. The third-order valence-electron chi connectivity index (χ3n) is 15.2. The molecule has 12 rings (SSSR count). The predicted molar refractivity (Wildman–Crippen MR) is 312 cm³/mol. The Morgan fingerprint density at radius 3 is 1.25 bits per heavy atom. The van der Waals surface area contributed by atoms with E-state index in [1.54, 1.807) is 0 Å². The zero-order chi connectivity index (χ0) is 49.7. The van der Waals surface area contributed by atoms with Crippen molar-refractivity contribution in [1.82, 2.24) is 4.57 Å². The molecule has 0 unspecified atom stereocenters. The van der Waals surface area contributed by atoms with Gasteiger partial charge in [0.2, 0.25) is 0 Å². The van der Waals surface area contributed by atoms with Crippen molar-refractivity contribution in [1.29, 1.82) is 0 Å². The summed E-state index contributed by atoms with van der Waals surface area (Å²) in [6.07, 6.45) is 0. The third-order valence-corrected chi connectivity index (χ3v) is 15.2. The number of benzene rings is 11. The van der Waals surface area contributed by atoms with Crippen LogP contribution in [-0.2, 0) is 16.2 Å². The van der Waals surface area contributed by atoms with Crippen LogP contribution >= 0.6 is 0 Å². The van der Waals surface area contributed by atoms with Gasteiger partial charge < -0.3 is 9.47 Å². The van der Waals surface area contributed by atoms with E-state index in [2.05, 4.69) is 284 Å². The highest BCUT2D eigenvalue weighted by molar-refractivity contribution is 6.27. The van der Waals surface area contributed by atoms with Gasteiger partial charge in [0.05, 0.1) is 22.4 Å². The number of hydrogen-bond acceptors (Lipinski definition) is 1. The maximum atomic E-state index is 2.52. The first-order valence-corrected chi connectivity index (χ1v) is 25.7. The Balaban J connectivity index is 1.12. The standard InChI is InChI=1S/C70H62N2/c1-68(2,3)53-31-21-45(22-32-53)50-15-14-16-56(42-50)71(57-43-51(46-23-33-54(34-24-46)69(4,5)6)41-52(44-57)47-25-35-55(36-26-47)70(7,8)9)64-39-29-48-28-38-61-65(40-30-49-27-37-60(64)66(48)67(49)61)72-62-19-12-10-17-58(62)59-18-11-13-20-63(59)72/h10-44H,1-9H3. The summed E-state index contributed by atoms with van der Waals surface area (Å²) in [5.74, 6) is 0. The summed E-state index contributed by atoms with van der Waals surface area (Å²) >= 11 is 0. The van der Waals surface area contributed by atoms with E-state index >= 15 is 0 Å². The molecule has 0 bridgehead atoms. The summed E-state index contributed by atoms with van der Waals surface area (Å²) in [6, 6.07) is 80.3. The molecule has 0 radical (unpaired) electrons. The Labute approximate surface area is 425 Å². The average molecular weight is 931 g/mol. The lowest BCUT2D eigenvalue weighted by Gasteiger charge is -2.29. The smallest absolute Gasteiger partial charge is 0.0541 e. The molecule has 0 N–H and O–H groups in total. The molecule has 0 aliphatic heterocycles. The molecule has 0 spiro atoms. The molecule has 0 fully saturated rings. The Kier molecular flexibility index (Phi) is 10.6. The molecule has 0 saturated carbocycles. The van der Waals surface area contributed by atoms with Crippen molar-refractivity contribution in [2.75, 3.05) is 4.90 Å². The van der Waals surface area contributed by atoms with E-state index < -0.39 is 0 Å². The summed E-state index contributed by atoms with van der Waals surface area (Å²) in [4.78, 5) is 2.52. The van der Waals surface area contributed by atoms with Gasteiger partial charge in [0.25, 0.3) is 0 Å². The van der Waals surface area contributed by atoms with Crippen molar-refractivity contribution in [3.8, 4) is 39.1 Å². The van der Waals surface area contributed by atoms with Gasteiger partial charge in [-0.05, 0) is 142 Å². The van der Waals surface area contributed by atoms with Crippen molar-refractivity contribution >= 4 is 71.2 Å². The number of nitrogens with zero attached hydrogens (tertiary/aromatic N) is 2. The van der Waals surface area contributed by atoms with E-state index in [0.29, 0.717) is 0 Å². The van der Waals surface area contributed by atoms with E-state index in [4.69, 9.17) is 0 Å². The van der Waals surface area contributed by atoms with Gasteiger partial charge in [-0.3, -0.25) is 0 Å². The van der Waals surface area contributed by atoms with Crippen molar-refractivity contribution in [3.63, 3.8) is 0 Å². The predicted octanol–water partition coefficient (Wildman–Crippen LogP) is 20.0. The van der Waals surface area contributed by atoms with E-state index in [9.17, 15) is 0 Å². The Morgan fingerprint density at radius 1 is 0.306 bits per heavy atom. The Bertz CT molecular complexity index is 3870. The number of para-hydroxylation sites is 2.